The van der Waals surface area contributed by atoms with Crippen LogP contribution in [-0.2, 0) is 33.8 Å². The first-order chi connectivity index (χ1) is 15.3. The van der Waals surface area contributed by atoms with Gasteiger partial charge < -0.3 is 30.2 Å². The Bertz CT molecular complexity index is 1140. The number of benzene rings is 1. The van der Waals surface area contributed by atoms with E-state index < -0.39 is 61.8 Å². The van der Waals surface area contributed by atoms with Crippen molar-refractivity contribution in [2.45, 2.75) is 49.0 Å². The molecule has 2 saturated heterocycles. The predicted molar refractivity (Wildman–Crippen MR) is 112 cm³/mol. The number of amides is 2. The van der Waals surface area contributed by atoms with Crippen molar-refractivity contribution in [3.63, 3.8) is 0 Å². The van der Waals surface area contributed by atoms with Crippen LogP contribution in [0.3, 0.4) is 0 Å². The molecule has 2 fully saturated rings. The Balaban J connectivity index is 0.00000408. The minimum absolute atomic E-state index is 0. The number of carboxylic acids is 1. The van der Waals surface area contributed by atoms with Gasteiger partial charge in [0.2, 0.25) is 11.8 Å². The molecule has 2 heterocycles. The van der Waals surface area contributed by atoms with E-state index in [1.54, 1.807) is 30.3 Å². The monoisotopic (exact) mass is 517 g/mol. The molecule has 4 atom stereocenters. The molecule has 0 aromatic heterocycles. The number of esters is 1. The minimum Gasteiger partial charge on any atom is -0.548 e. The van der Waals surface area contributed by atoms with E-state index in [4.69, 9.17) is 0 Å². The molecule has 2 N–H and O–H groups in total. The number of rotatable bonds is 7. The van der Waals surface area contributed by atoms with Gasteiger partial charge in [0.15, 0.2) is 15.2 Å². The van der Waals surface area contributed by atoms with Gasteiger partial charge in [-0.25, -0.2) is 13.2 Å². The Morgan fingerprint density at radius 3 is 2.32 bits per heavy atom. The summed E-state index contributed by atoms with van der Waals surface area (Å²) in [7, 11) is -2.94. The van der Waals surface area contributed by atoms with Crippen LogP contribution in [0.4, 0.5) is 0 Å². The Kier molecular flexibility index (Phi) is 8.76. The number of carbonyl (C=O) groups is 4. The number of fused-ring (bicyclic) bond motifs is 1. The maximum atomic E-state index is 13.1. The standard InChI is InChI=1S/C21H25N3O8S.K/c1-11(10-13(25)32-4)22-14(12-8-6-5-7-9-12)17(26)23-15-18(27)24-16(20(28)29)21(2,3)33(30,31)19(15)24;/h5-10,14-16,19,22H,1-4H3,(H,23,26)(H,28,29);/q;+1/p-1/b11-10-;/t14-,15-,16+,19-;/m1./s1. The third-order valence-electron chi connectivity index (χ3n) is 5.89. The number of allylic oxidation sites excluding steroid dienone is 1. The molecule has 0 spiro atoms. The maximum absolute atomic E-state index is 13.1. The van der Waals surface area contributed by atoms with E-state index >= 15 is 0 Å². The number of sulfone groups is 1. The van der Waals surface area contributed by atoms with Crippen molar-refractivity contribution >= 4 is 33.6 Å². The first kappa shape index (κ1) is 28.5. The molecule has 0 bridgehead atoms. The number of carbonyl (C=O) groups excluding carboxylic acids is 4. The van der Waals surface area contributed by atoms with Gasteiger partial charge >= 0.3 is 57.4 Å². The number of β-lactam (4-membered cyclic amide) rings is 1. The van der Waals surface area contributed by atoms with Gasteiger partial charge in [0, 0.05) is 11.8 Å². The van der Waals surface area contributed by atoms with Crippen LogP contribution in [-0.4, -0.2) is 66.4 Å². The Labute approximate surface area is 239 Å². The second-order valence-corrected chi connectivity index (χ2v) is 11.0. The van der Waals surface area contributed by atoms with E-state index in [1.807, 2.05) is 0 Å². The number of ether oxygens (including phenoxy) is 1. The molecule has 0 radical (unpaired) electrons. The minimum atomic E-state index is -4.14. The maximum Gasteiger partial charge on any atom is 1.00 e. The van der Waals surface area contributed by atoms with Crippen molar-refractivity contribution < 1.29 is 88.8 Å². The molecular formula is C21H24KN3O8S. The summed E-state index contributed by atoms with van der Waals surface area (Å²) in [6.45, 7) is 3.95. The Morgan fingerprint density at radius 1 is 1.21 bits per heavy atom. The van der Waals surface area contributed by atoms with Crippen molar-refractivity contribution in [3.05, 3.63) is 47.7 Å². The Hall–Kier alpha value is -1.77. The van der Waals surface area contributed by atoms with E-state index in [-0.39, 0.29) is 51.4 Å². The molecule has 2 aliphatic rings. The molecular weight excluding hydrogens is 493 g/mol. The molecule has 1 aromatic carbocycles. The number of hydrogen-bond acceptors (Lipinski definition) is 9. The van der Waals surface area contributed by atoms with Crippen molar-refractivity contribution in [2.75, 3.05) is 7.11 Å². The van der Waals surface area contributed by atoms with Gasteiger partial charge in [-0.05, 0) is 26.3 Å². The molecule has 0 unspecified atom stereocenters. The van der Waals surface area contributed by atoms with Crippen LogP contribution in [0.2, 0.25) is 0 Å². The quantitative estimate of drug-likeness (QED) is 0.157. The molecule has 11 nitrogen and oxygen atoms in total. The van der Waals surface area contributed by atoms with E-state index in [0.717, 1.165) is 11.0 Å². The fraction of sp³-hybridized carbons (Fsp3) is 0.429. The van der Waals surface area contributed by atoms with E-state index in [9.17, 15) is 32.7 Å². The van der Waals surface area contributed by atoms with Gasteiger partial charge in [0.05, 0.1) is 23.9 Å². The normalized spacial score (nSPS) is 25.2. The summed E-state index contributed by atoms with van der Waals surface area (Å²) in [4.78, 5) is 49.7. The zero-order valence-electron chi connectivity index (χ0n) is 19.4. The summed E-state index contributed by atoms with van der Waals surface area (Å²) >= 11 is 0. The largest absolute Gasteiger partial charge is 1.00 e. The average molecular weight is 518 g/mol. The van der Waals surface area contributed by atoms with E-state index in [0.29, 0.717) is 11.3 Å². The summed E-state index contributed by atoms with van der Waals surface area (Å²) in [5.41, 5.74) is 0.775. The average Bonchev–Trinajstić information content (AvgIpc) is 2.90. The van der Waals surface area contributed by atoms with Crippen LogP contribution in [0.25, 0.3) is 0 Å². The Morgan fingerprint density at radius 2 is 1.79 bits per heavy atom. The van der Waals surface area contributed by atoms with Gasteiger partial charge in [-0.2, -0.15) is 0 Å². The van der Waals surface area contributed by atoms with Crippen LogP contribution < -0.4 is 67.1 Å². The number of hydrogen-bond donors (Lipinski definition) is 2. The van der Waals surface area contributed by atoms with Crippen molar-refractivity contribution in [1.82, 2.24) is 15.5 Å². The topological polar surface area (TPSA) is 162 Å². The van der Waals surface area contributed by atoms with Crippen LogP contribution in [0.5, 0.6) is 0 Å². The van der Waals surface area contributed by atoms with Gasteiger partial charge in [-0.15, -0.1) is 0 Å². The number of nitrogens with one attached hydrogen (secondary N) is 2. The van der Waals surface area contributed by atoms with Gasteiger partial charge in [-0.1, -0.05) is 30.3 Å². The van der Waals surface area contributed by atoms with Crippen LogP contribution >= 0.6 is 0 Å². The fourth-order valence-electron chi connectivity index (χ4n) is 4.11. The number of nitrogens with zero attached hydrogens (tertiary/aromatic N) is 1. The van der Waals surface area contributed by atoms with E-state index in [2.05, 4.69) is 15.4 Å². The third-order valence-corrected chi connectivity index (χ3v) is 8.72. The molecule has 0 saturated carbocycles. The molecule has 34 heavy (non-hydrogen) atoms. The molecule has 2 amide bonds. The van der Waals surface area contributed by atoms with Crippen molar-refractivity contribution in [1.29, 1.82) is 0 Å². The smallest absolute Gasteiger partial charge is 0.548 e. The number of methoxy groups -OCH3 is 1. The van der Waals surface area contributed by atoms with Crippen molar-refractivity contribution in [3.8, 4) is 0 Å². The number of aliphatic carboxylic acids is 1. The first-order valence-electron chi connectivity index (χ1n) is 9.99. The zero-order valence-corrected chi connectivity index (χ0v) is 23.3. The second-order valence-electron chi connectivity index (χ2n) is 8.33. The summed E-state index contributed by atoms with van der Waals surface area (Å²) in [5, 5.41) is 15.4. The SMILES string of the molecule is COC(=O)/C=C(/C)N[C@@H](C(=O)N[C@@H]1C(=O)N2[C@@H](C(=O)[O-])C(C)(C)S(=O)(=O)[C@H]12)c1ccccc1.[K+]. The summed E-state index contributed by atoms with van der Waals surface area (Å²) in [6.07, 6.45) is 1.13. The first-order valence-corrected chi connectivity index (χ1v) is 11.5. The molecule has 1 aromatic rings. The zero-order chi connectivity index (χ0) is 24.7. The fourth-order valence-corrected chi connectivity index (χ4v) is 6.32. The van der Waals surface area contributed by atoms with Gasteiger partial charge in [0.1, 0.15) is 12.1 Å². The second kappa shape index (κ2) is 10.5. The van der Waals surface area contributed by atoms with Crippen molar-refractivity contribution in [2.24, 2.45) is 0 Å². The van der Waals surface area contributed by atoms with Gasteiger partial charge in [-0.3, -0.25) is 9.59 Å². The number of carboxylic acid groups (broad SMARTS) is 1. The molecule has 3 rings (SSSR count). The summed E-state index contributed by atoms with van der Waals surface area (Å²) in [5.74, 6) is -3.90. The summed E-state index contributed by atoms with van der Waals surface area (Å²) in [6, 6.07) is 4.17. The summed E-state index contributed by atoms with van der Waals surface area (Å²) < 4.78 is 28.8. The molecule has 13 heteroatoms. The van der Waals surface area contributed by atoms with Gasteiger partial charge in [0.25, 0.3) is 0 Å². The third kappa shape index (κ3) is 4.82. The van der Waals surface area contributed by atoms with E-state index in [1.165, 1.54) is 27.9 Å². The predicted octanol–water partition coefficient (Wildman–Crippen LogP) is -4.62. The molecule has 178 valence electrons. The van der Waals surface area contributed by atoms with Crippen LogP contribution in [0, 0.1) is 0 Å². The van der Waals surface area contributed by atoms with Crippen LogP contribution in [0.15, 0.2) is 42.1 Å². The van der Waals surface area contributed by atoms with Crippen LogP contribution in [0.1, 0.15) is 32.4 Å². The molecule has 0 aliphatic carbocycles. The molecule has 2 aliphatic heterocycles.